The number of hydrogen-bond donors (Lipinski definition) is 1. The van der Waals surface area contributed by atoms with Gasteiger partial charge in [0.05, 0.1) is 10.5 Å². The number of rotatable bonds is 4. The van der Waals surface area contributed by atoms with Crippen LogP contribution in [0.5, 0.6) is 5.75 Å². The molecule has 2 aromatic carbocycles. The Morgan fingerprint density at radius 3 is 2.55 bits per heavy atom. The predicted octanol–water partition coefficient (Wildman–Crippen LogP) is 3.17. The van der Waals surface area contributed by atoms with Crippen LogP contribution in [0.1, 0.15) is 20.7 Å². The van der Waals surface area contributed by atoms with Crippen LogP contribution in [0.4, 0.5) is 5.69 Å². The molecule has 7 nitrogen and oxygen atoms in total. The molecule has 0 aromatic heterocycles. The van der Waals surface area contributed by atoms with Crippen molar-refractivity contribution in [3.05, 3.63) is 68.7 Å². The van der Waals surface area contributed by atoms with Crippen LogP contribution in [0.15, 0.2) is 42.5 Å². The number of nitro groups is 1. The lowest BCUT2D eigenvalue weighted by Crippen LogP contribution is -2.11. The van der Waals surface area contributed by atoms with Gasteiger partial charge < -0.3 is 9.84 Å². The molecule has 22 heavy (non-hydrogen) atoms. The Hall–Kier alpha value is -2.93. The number of halogens is 1. The van der Waals surface area contributed by atoms with Gasteiger partial charge in [-0.2, -0.15) is 0 Å². The van der Waals surface area contributed by atoms with Crippen LogP contribution in [-0.2, 0) is 0 Å². The molecule has 8 heteroatoms. The molecule has 0 saturated heterocycles. The van der Waals surface area contributed by atoms with Gasteiger partial charge in [-0.05, 0) is 24.3 Å². The SMILES string of the molecule is O=C(Oc1ccc(Cl)cc1C(=O)O)c1cccc([N+](=O)[O-])c1. The second-order valence-corrected chi connectivity index (χ2v) is 4.58. The number of carboxylic acids is 1. The van der Waals surface area contributed by atoms with Crippen molar-refractivity contribution in [1.82, 2.24) is 0 Å². The molecule has 0 bridgehead atoms. The number of carbonyl (C=O) groups is 2. The quantitative estimate of drug-likeness (QED) is 0.401. The number of hydrogen-bond acceptors (Lipinski definition) is 5. The fraction of sp³-hybridized carbons (Fsp3) is 0. The largest absolute Gasteiger partial charge is 0.478 e. The summed E-state index contributed by atoms with van der Waals surface area (Å²) < 4.78 is 4.98. The van der Waals surface area contributed by atoms with Gasteiger partial charge in [-0.1, -0.05) is 17.7 Å². The normalized spacial score (nSPS) is 10.0. The van der Waals surface area contributed by atoms with Crippen LogP contribution < -0.4 is 4.74 Å². The van der Waals surface area contributed by atoms with Crippen molar-refractivity contribution >= 4 is 29.2 Å². The van der Waals surface area contributed by atoms with Gasteiger partial charge in [0.25, 0.3) is 5.69 Å². The Labute approximate surface area is 128 Å². The zero-order chi connectivity index (χ0) is 16.3. The fourth-order valence-corrected chi connectivity index (χ4v) is 1.84. The maximum absolute atomic E-state index is 12.0. The van der Waals surface area contributed by atoms with Crippen LogP contribution in [-0.4, -0.2) is 22.0 Å². The number of esters is 1. The van der Waals surface area contributed by atoms with Crippen LogP contribution >= 0.6 is 11.6 Å². The average molecular weight is 322 g/mol. The minimum absolute atomic E-state index is 0.0690. The third-order valence-corrected chi connectivity index (χ3v) is 2.90. The third kappa shape index (κ3) is 3.39. The standard InChI is InChI=1S/C14H8ClNO6/c15-9-4-5-12(11(7-9)13(17)18)22-14(19)8-2-1-3-10(6-8)16(20)21/h1-7H,(H,17,18). The molecule has 0 aliphatic rings. The predicted molar refractivity (Wildman–Crippen MR) is 76.5 cm³/mol. The molecule has 0 aliphatic heterocycles. The van der Waals surface area contributed by atoms with Crippen LogP contribution in [0.25, 0.3) is 0 Å². The molecule has 0 amide bonds. The van der Waals surface area contributed by atoms with E-state index in [1.807, 2.05) is 0 Å². The number of nitro benzene ring substituents is 1. The molecule has 0 heterocycles. The smallest absolute Gasteiger partial charge is 0.343 e. The summed E-state index contributed by atoms with van der Waals surface area (Å²) in [4.78, 5) is 33.1. The van der Waals surface area contributed by atoms with Crippen molar-refractivity contribution in [2.75, 3.05) is 0 Å². The Morgan fingerprint density at radius 1 is 1.18 bits per heavy atom. The summed E-state index contributed by atoms with van der Waals surface area (Å²) >= 11 is 5.69. The highest BCUT2D eigenvalue weighted by Crippen LogP contribution is 2.24. The molecule has 0 atom stereocenters. The van der Waals surface area contributed by atoms with Crippen molar-refractivity contribution in [2.24, 2.45) is 0 Å². The highest BCUT2D eigenvalue weighted by Gasteiger charge is 2.18. The van der Waals surface area contributed by atoms with Gasteiger partial charge in [-0.25, -0.2) is 9.59 Å². The maximum atomic E-state index is 12.0. The molecule has 2 aromatic rings. The summed E-state index contributed by atoms with van der Waals surface area (Å²) in [6.45, 7) is 0. The van der Waals surface area contributed by atoms with Crippen LogP contribution in [0, 0.1) is 10.1 Å². The fourth-order valence-electron chi connectivity index (χ4n) is 1.66. The van der Waals surface area contributed by atoms with E-state index < -0.39 is 16.9 Å². The Morgan fingerprint density at radius 2 is 1.91 bits per heavy atom. The number of benzene rings is 2. The minimum atomic E-state index is -1.32. The van der Waals surface area contributed by atoms with E-state index in [1.54, 1.807) is 0 Å². The minimum Gasteiger partial charge on any atom is -0.478 e. The van der Waals surface area contributed by atoms with Crippen molar-refractivity contribution in [3.8, 4) is 5.75 Å². The molecule has 0 radical (unpaired) electrons. The van der Waals surface area contributed by atoms with E-state index in [0.29, 0.717) is 0 Å². The van der Waals surface area contributed by atoms with Crippen molar-refractivity contribution in [2.45, 2.75) is 0 Å². The van der Waals surface area contributed by atoms with Crippen molar-refractivity contribution in [1.29, 1.82) is 0 Å². The molecular formula is C14H8ClNO6. The van der Waals surface area contributed by atoms with E-state index in [0.717, 1.165) is 12.1 Å². The zero-order valence-corrected chi connectivity index (χ0v) is 11.6. The lowest BCUT2D eigenvalue weighted by Gasteiger charge is -2.07. The first-order valence-electron chi connectivity index (χ1n) is 5.88. The van der Waals surface area contributed by atoms with Crippen molar-refractivity contribution in [3.63, 3.8) is 0 Å². The summed E-state index contributed by atoms with van der Waals surface area (Å²) in [7, 11) is 0. The average Bonchev–Trinajstić information content (AvgIpc) is 2.48. The summed E-state index contributed by atoms with van der Waals surface area (Å²) in [6, 6.07) is 8.66. The van der Waals surface area contributed by atoms with Crippen molar-refractivity contribution < 1.29 is 24.4 Å². The van der Waals surface area contributed by atoms with Gasteiger partial charge in [0, 0.05) is 17.2 Å². The molecular weight excluding hydrogens is 314 g/mol. The highest BCUT2D eigenvalue weighted by atomic mass is 35.5. The van der Waals surface area contributed by atoms with Gasteiger partial charge in [0.2, 0.25) is 0 Å². The van der Waals surface area contributed by atoms with Gasteiger partial charge >= 0.3 is 11.9 Å². The number of non-ortho nitro benzene ring substituents is 1. The topological polar surface area (TPSA) is 107 Å². The number of aromatic carboxylic acids is 1. The van der Waals surface area contributed by atoms with Gasteiger partial charge in [0.1, 0.15) is 11.3 Å². The Balaban J connectivity index is 2.31. The summed E-state index contributed by atoms with van der Waals surface area (Å²) in [5, 5.41) is 19.9. The first-order valence-corrected chi connectivity index (χ1v) is 6.26. The lowest BCUT2D eigenvalue weighted by molar-refractivity contribution is -0.384. The second kappa shape index (κ2) is 6.23. The molecule has 0 unspecified atom stereocenters. The van der Waals surface area contributed by atoms with E-state index in [-0.39, 0.29) is 27.6 Å². The van der Waals surface area contributed by atoms with E-state index in [9.17, 15) is 19.7 Å². The summed E-state index contributed by atoms with van der Waals surface area (Å²) in [5.41, 5.74) is -0.629. The molecule has 1 N–H and O–H groups in total. The first-order chi connectivity index (χ1) is 10.4. The van der Waals surface area contributed by atoms with Gasteiger partial charge in [-0.15, -0.1) is 0 Å². The molecule has 112 valence electrons. The number of carboxylic acid groups (broad SMARTS) is 1. The Kier molecular flexibility index (Phi) is 4.38. The molecule has 0 spiro atoms. The second-order valence-electron chi connectivity index (χ2n) is 4.14. The van der Waals surface area contributed by atoms with Gasteiger partial charge in [0.15, 0.2) is 0 Å². The number of carbonyl (C=O) groups excluding carboxylic acids is 1. The third-order valence-electron chi connectivity index (χ3n) is 2.67. The summed E-state index contributed by atoms with van der Waals surface area (Å²) in [5.74, 6) is -2.42. The monoisotopic (exact) mass is 321 g/mol. The zero-order valence-electron chi connectivity index (χ0n) is 10.9. The maximum Gasteiger partial charge on any atom is 0.343 e. The first kappa shape index (κ1) is 15.5. The van der Waals surface area contributed by atoms with Crippen LogP contribution in [0.3, 0.4) is 0 Å². The Bertz CT molecular complexity index is 774. The molecule has 0 aliphatic carbocycles. The highest BCUT2D eigenvalue weighted by molar-refractivity contribution is 6.31. The summed E-state index contributed by atoms with van der Waals surface area (Å²) in [6.07, 6.45) is 0. The lowest BCUT2D eigenvalue weighted by atomic mass is 10.2. The molecule has 2 rings (SSSR count). The van der Waals surface area contributed by atoms with E-state index in [2.05, 4.69) is 0 Å². The number of nitrogens with zero attached hydrogens (tertiary/aromatic N) is 1. The molecule has 0 fully saturated rings. The van der Waals surface area contributed by atoms with E-state index in [1.165, 1.54) is 30.3 Å². The number of ether oxygens (including phenoxy) is 1. The van der Waals surface area contributed by atoms with E-state index >= 15 is 0 Å². The van der Waals surface area contributed by atoms with Gasteiger partial charge in [-0.3, -0.25) is 10.1 Å². The van der Waals surface area contributed by atoms with Crippen LogP contribution in [0.2, 0.25) is 5.02 Å². The molecule has 0 saturated carbocycles. The van der Waals surface area contributed by atoms with E-state index in [4.69, 9.17) is 21.4 Å².